The van der Waals surface area contributed by atoms with Crippen molar-refractivity contribution in [3.05, 3.63) is 40.7 Å². The maximum Gasteiger partial charge on any atom is 0.249 e. The average molecular weight is 197 g/mol. The topological polar surface area (TPSA) is 13.6 Å². The van der Waals surface area contributed by atoms with Gasteiger partial charge in [0.15, 0.2) is 11.6 Å². The monoisotopic (exact) mass is 197 g/mol. The second kappa shape index (κ2) is 4.05. The molecule has 1 aromatic rings. The molecule has 1 aromatic carbocycles. The van der Waals surface area contributed by atoms with Crippen LogP contribution in [0.2, 0.25) is 0 Å². The van der Waals surface area contributed by atoms with E-state index >= 15 is 0 Å². The van der Waals surface area contributed by atoms with Crippen LogP contribution in [-0.2, 0) is 0 Å². The molecule has 0 saturated carbocycles. The lowest BCUT2D eigenvalue weighted by Crippen LogP contribution is -1.97. The van der Waals surface area contributed by atoms with E-state index < -0.39 is 17.7 Å². The number of benzene rings is 1. The molecule has 0 aliphatic rings. The molecule has 14 heavy (non-hydrogen) atoms. The first kappa shape index (κ1) is 10.5. The summed E-state index contributed by atoms with van der Waals surface area (Å²) in [6.45, 7) is 8.39. The predicted molar refractivity (Wildman–Crippen MR) is 47.9 cm³/mol. The second-order valence-corrected chi connectivity index (χ2v) is 2.81. The summed E-state index contributed by atoms with van der Waals surface area (Å²) in [7, 11) is 1.35. The van der Waals surface area contributed by atoms with Crippen molar-refractivity contribution in [3.8, 4) is 5.75 Å². The van der Waals surface area contributed by atoms with Gasteiger partial charge in [-0.15, -0.1) is 0 Å². The summed E-state index contributed by atoms with van der Waals surface area (Å²) in [4.78, 5) is 3.22. The van der Waals surface area contributed by atoms with Gasteiger partial charge in [0.05, 0.1) is 12.7 Å². The Hall–Kier alpha value is -1.63. The van der Waals surface area contributed by atoms with Crippen molar-refractivity contribution < 1.29 is 13.5 Å². The van der Waals surface area contributed by atoms with E-state index in [4.69, 9.17) is 11.3 Å². The van der Waals surface area contributed by atoms with Crippen LogP contribution in [0.25, 0.3) is 4.85 Å². The molecule has 1 atom stereocenters. The molecule has 0 radical (unpaired) electrons. The second-order valence-electron chi connectivity index (χ2n) is 2.81. The molecular formula is C10H9F2NO. The van der Waals surface area contributed by atoms with Crippen molar-refractivity contribution >= 4 is 0 Å². The Morgan fingerprint density at radius 3 is 2.43 bits per heavy atom. The lowest BCUT2D eigenvalue weighted by molar-refractivity contribution is 0.399. The summed E-state index contributed by atoms with van der Waals surface area (Å²) >= 11 is 0. The van der Waals surface area contributed by atoms with Crippen LogP contribution >= 0.6 is 0 Å². The van der Waals surface area contributed by atoms with Crippen molar-refractivity contribution in [1.82, 2.24) is 0 Å². The molecule has 0 saturated heterocycles. The lowest BCUT2D eigenvalue weighted by Gasteiger charge is -2.07. The number of hydrogen-bond donors (Lipinski definition) is 0. The molecule has 74 valence electrons. The van der Waals surface area contributed by atoms with Crippen LogP contribution in [0.3, 0.4) is 0 Å². The molecule has 0 fully saturated rings. The van der Waals surface area contributed by atoms with Crippen molar-refractivity contribution in [2.45, 2.75) is 13.0 Å². The fourth-order valence-electron chi connectivity index (χ4n) is 1.12. The minimum absolute atomic E-state index is 0.201. The van der Waals surface area contributed by atoms with Gasteiger partial charge in [0.1, 0.15) is 5.75 Å². The zero-order valence-electron chi connectivity index (χ0n) is 7.84. The third-order valence-corrected chi connectivity index (χ3v) is 1.92. The lowest BCUT2D eigenvalue weighted by atomic mass is 10.1. The molecular weight excluding hydrogens is 188 g/mol. The van der Waals surface area contributed by atoms with Crippen LogP contribution in [0.1, 0.15) is 18.5 Å². The van der Waals surface area contributed by atoms with E-state index in [9.17, 15) is 8.78 Å². The predicted octanol–water partition coefficient (Wildman–Crippen LogP) is 2.95. The van der Waals surface area contributed by atoms with Gasteiger partial charge < -0.3 is 9.58 Å². The first-order chi connectivity index (χ1) is 6.60. The molecule has 0 bridgehead atoms. The number of hydrogen-bond acceptors (Lipinski definition) is 1. The van der Waals surface area contributed by atoms with E-state index in [0.29, 0.717) is 5.56 Å². The standard InChI is InChI=1S/C10H9F2NO/c1-6(13-2)7-4-8(11)9(12)5-10(7)14-3/h4-6H,1,3H3. The summed E-state index contributed by atoms with van der Waals surface area (Å²) in [5.41, 5.74) is 0.362. The van der Waals surface area contributed by atoms with Crippen LogP contribution in [0, 0.1) is 18.2 Å². The number of rotatable bonds is 2. The van der Waals surface area contributed by atoms with Crippen LogP contribution in [0.5, 0.6) is 5.75 Å². The smallest absolute Gasteiger partial charge is 0.249 e. The Bertz CT molecular complexity index is 384. The highest BCUT2D eigenvalue weighted by Crippen LogP contribution is 2.29. The van der Waals surface area contributed by atoms with Crippen LogP contribution in [-0.4, -0.2) is 7.11 Å². The van der Waals surface area contributed by atoms with E-state index in [0.717, 1.165) is 12.1 Å². The maximum absolute atomic E-state index is 12.9. The molecule has 1 unspecified atom stereocenters. The molecule has 0 aliphatic heterocycles. The molecule has 0 N–H and O–H groups in total. The highest BCUT2D eigenvalue weighted by molar-refractivity contribution is 5.38. The number of ether oxygens (including phenoxy) is 1. The van der Waals surface area contributed by atoms with Gasteiger partial charge in [0.25, 0.3) is 0 Å². The van der Waals surface area contributed by atoms with E-state index in [1.807, 2.05) is 0 Å². The van der Waals surface area contributed by atoms with Crippen LogP contribution < -0.4 is 4.74 Å². The molecule has 4 heteroatoms. The highest BCUT2D eigenvalue weighted by atomic mass is 19.2. The zero-order chi connectivity index (χ0) is 10.7. The van der Waals surface area contributed by atoms with Gasteiger partial charge in [-0.3, -0.25) is 0 Å². The van der Waals surface area contributed by atoms with Gasteiger partial charge in [-0.2, -0.15) is 0 Å². The fourth-order valence-corrected chi connectivity index (χ4v) is 1.12. The summed E-state index contributed by atoms with van der Waals surface area (Å²) in [5, 5.41) is 0. The van der Waals surface area contributed by atoms with E-state index in [1.165, 1.54) is 7.11 Å². The third kappa shape index (κ3) is 1.82. The SMILES string of the molecule is [C-]#[N+]C(C)c1cc(F)c(F)cc1OC. The Kier molecular flexibility index (Phi) is 3.03. The van der Waals surface area contributed by atoms with Crippen molar-refractivity contribution in [3.63, 3.8) is 0 Å². The first-order valence-electron chi connectivity index (χ1n) is 3.99. The summed E-state index contributed by atoms with van der Waals surface area (Å²) < 4.78 is 30.5. The van der Waals surface area contributed by atoms with E-state index in [2.05, 4.69) is 4.85 Å². The van der Waals surface area contributed by atoms with Gasteiger partial charge in [0.2, 0.25) is 6.04 Å². The minimum Gasteiger partial charge on any atom is -0.496 e. The number of halogens is 2. The molecule has 0 aromatic heterocycles. The Balaban J connectivity index is 3.28. The van der Waals surface area contributed by atoms with Gasteiger partial charge in [-0.25, -0.2) is 15.4 Å². The van der Waals surface area contributed by atoms with Crippen LogP contribution in [0.15, 0.2) is 12.1 Å². The highest BCUT2D eigenvalue weighted by Gasteiger charge is 2.18. The molecule has 0 heterocycles. The van der Waals surface area contributed by atoms with Crippen molar-refractivity contribution in [1.29, 1.82) is 0 Å². The van der Waals surface area contributed by atoms with Crippen molar-refractivity contribution in [2.75, 3.05) is 7.11 Å². The minimum atomic E-state index is -0.970. The molecule has 0 spiro atoms. The molecule has 0 aliphatic carbocycles. The van der Waals surface area contributed by atoms with Crippen molar-refractivity contribution in [2.24, 2.45) is 0 Å². The van der Waals surface area contributed by atoms with E-state index in [-0.39, 0.29) is 5.75 Å². The molecule has 0 amide bonds. The van der Waals surface area contributed by atoms with Gasteiger partial charge in [0, 0.05) is 13.0 Å². The summed E-state index contributed by atoms with van der Waals surface area (Å²) in [5.74, 6) is -1.73. The number of methoxy groups -OCH3 is 1. The van der Waals surface area contributed by atoms with E-state index in [1.54, 1.807) is 6.92 Å². The molecule has 1 rings (SSSR count). The normalized spacial score (nSPS) is 11.9. The first-order valence-corrected chi connectivity index (χ1v) is 3.99. The maximum atomic E-state index is 12.9. The molecule has 2 nitrogen and oxygen atoms in total. The zero-order valence-corrected chi connectivity index (χ0v) is 7.84. The average Bonchev–Trinajstić information content (AvgIpc) is 2.20. The van der Waals surface area contributed by atoms with Crippen LogP contribution in [0.4, 0.5) is 8.78 Å². The van der Waals surface area contributed by atoms with Gasteiger partial charge in [-0.1, -0.05) is 0 Å². The van der Waals surface area contributed by atoms with Gasteiger partial charge in [-0.05, 0) is 6.07 Å². The summed E-state index contributed by atoms with van der Waals surface area (Å²) in [6, 6.07) is 1.41. The quantitative estimate of drug-likeness (QED) is 0.664. The van der Waals surface area contributed by atoms with Gasteiger partial charge >= 0.3 is 0 Å². The fraction of sp³-hybridized carbons (Fsp3) is 0.300. The Morgan fingerprint density at radius 2 is 1.93 bits per heavy atom. The largest absolute Gasteiger partial charge is 0.496 e. The number of nitrogens with zero attached hydrogens (tertiary/aromatic N) is 1. The third-order valence-electron chi connectivity index (χ3n) is 1.92. The summed E-state index contributed by atoms with van der Waals surface area (Å²) in [6.07, 6.45) is 0. The Morgan fingerprint density at radius 1 is 1.36 bits per heavy atom. The Labute approximate surface area is 80.9 Å².